The summed E-state index contributed by atoms with van der Waals surface area (Å²) in [7, 11) is 0. The first-order valence-electron chi connectivity index (χ1n) is 8.89. The smallest absolute Gasteiger partial charge is 0.331 e. The summed E-state index contributed by atoms with van der Waals surface area (Å²) in [5, 5.41) is 18.1. The van der Waals surface area contributed by atoms with Gasteiger partial charge in [0, 0.05) is 0 Å². The molecule has 2 fully saturated rings. The molecular formula is C16H15F13O5. The van der Waals surface area contributed by atoms with Gasteiger partial charge in [0.2, 0.25) is 0 Å². The summed E-state index contributed by atoms with van der Waals surface area (Å²) in [5.41, 5.74) is -32.6. The van der Waals surface area contributed by atoms with E-state index < -0.39 is 98.0 Å². The summed E-state index contributed by atoms with van der Waals surface area (Å²) in [6, 6.07) is 0. The number of aliphatic hydroxyl groups excluding tert-OH is 1. The van der Waals surface area contributed by atoms with Crippen LogP contribution in [0.3, 0.4) is 0 Å². The van der Waals surface area contributed by atoms with Crippen molar-refractivity contribution in [2.75, 3.05) is 19.8 Å². The number of carbonyl (C=O) groups excluding carboxylic acids is 1. The molecule has 0 spiro atoms. The molecule has 5 atom stereocenters. The maximum absolute atomic E-state index is 15.4. The third kappa shape index (κ3) is 2.42. The van der Waals surface area contributed by atoms with E-state index in [9.17, 15) is 27.5 Å². The van der Waals surface area contributed by atoms with Crippen LogP contribution in [0.1, 0.15) is 13.8 Å². The minimum absolute atomic E-state index is 0.889. The number of halogens is 13. The lowest BCUT2D eigenvalue weighted by atomic mass is 9.46. The van der Waals surface area contributed by atoms with E-state index in [1.165, 1.54) is 0 Å². The lowest BCUT2D eigenvalue weighted by Gasteiger charge is -2.70. The van der Waals surface area contributed by atoms with Gasteiger partial charge in [0.05, 0.1) is 6.61 Å². The topological polar surface area (TPSA) is 76.0 Å². The number of aliphatic hydroxyl groups is 2. The number of fused-ring (bicyclic) bond motifs is 2. The molecule has 18 heteroatoms. The van der Waals surface area contributed by atoms with Crippen LogP contribution in [0.15, 0.2) is 0 Å². The highest BCUT2D eigenvalue weighted by atomic mass is 19.3. The Morgan fingerprint density at radius 2 is 1.26 bits per heavy atom. The van der Waals surface area contributed by atoms with E-state index in [1.807, 2.05) is 0 Å². The Hall–Kier alpha value is -1.56. The molecule has 0 aromatic rings. The zero-order valence-corrected chi connectivity index (χ0v) is 16.7. The van der Waals surface area contributed by atoms with E-state index in [0.29, 0.717) is 0 Å². The van der Waals surface area contributed by atoms with Crippen molar-refractivity contribution in [3.8, 4) is 0 Å². The predicted octanol–water partition coefficient (Wildman–Crippen LogP) is 3.01. The number of esters is 1. The molecule has 0 saturated heterocycles. The Bertz CT molecular complexity index is 837. The van der Waals surface area contributed by atoms with Gasteiger partial charge in [-0.05, 0) is 13.8 Å². The highest BCUT2D eigenvalue weighted by molar-refractivity contribution is 5.70. The van der Waals surface area contributed by atoms with E-state index in [2.05, 4.69) is 9.47 Å². The van der Waals surface area contributed by atoms with Crippen LogP contribution in [0.2, 0.25) is 0 Å². The summed E-state index contributed by atoms with van der Waals surface area (Å²) in [4.78, 5) is 10.8. The molecule has 0 heterocycles. The zero-order valence-electron chi connectivity index (χ0n) is 16.7. The molecule has 2 bridgehead atoms. The zero-order chi connectivity index (χ0) is 27.2. The van der Waals surface area contributed by atoms with Crippen LogP contribution in [0.25, 0.3) is 0 Å². The second-order valence-electron chi connectivity index (χ2n) is 7.95. The van der Waals surface area contributed by atoms with Crippen molar-refractivity contribution in [2.45, 2.75) is 72.2 Å². The lowest BCUT2D eigenvalue weighted by molar-refractivity contribution is -0.549. The first-order chi connectivity index (χ1) is 14.9. The van der Waals surface area contributed by atoms with Crippen LogP contribution in [-0.4, -0.2) is 94.3 Å². The van der Waals surface area contributed by atoms with Gasteiger partial charge in [-0.15, -0.1) is 0 Å². The number of hydrogen-bond acceptors (Lipinski definition) is 5. The molecule has 5 unspecified atom stereocenters. The van der Waals surface area contributed by atoms with Gasteiger partial charge in [-0.3, -0.25) is 0 Å². The van der Waals surface area contributed by atoms with Gasteiger partial charge in [-0.1, -0.05) is 0 Å². The molecule has 0 aliphatic heterocycles. The molecule has 2 rings (SSSR count). The van der Waals surface area contributed by atoms with Gasteiger partial charge in [0.1, 0.15) is 13.2 Å². The van der Waals surface area contributed by atoms with Crippen LogP contribution in [0, 0.1) is 0 Å². The largest absolute Gasteiger partial charge is 0.462 e. The number of ether oxygens (including phenoxy) is 2. The number of carbonyl (C=O) groups is 1. The summed E-state index contributed by atoms with van der Waals surface area (Å²) in [6.45, 7) is -7.36. The van der Waals surface area contributed by atoms with Crippen molar-refractivity contribution in [1.82, 2.24) is 0 Å². The minimum Gasteiger partial charge on any atom is -0.462 e. The quantitative estimate of drug-likeness (QED) is 0.312. The molecule has 0 amide bonds. The highest BCUT2D eigenvalue weighted by Gasteiger charge is 3.11. The van der Waals surface area contributed by atoms with Crippen LogP contribution in [0.5, 0.6) is 0 Å². The molecule has 2 aliphatic rings. The third-order valence-corrected chi connectivity index (χ3v) is 6.30. The lowest BCUT2D eigenvalue weighted by Crippen LogP contribution is -3.02. The molecular weight excluding hydrogens is 519 g/mol. The van der Waals surface area contributed by atoms with Gasteiger partial charge in [0.25, 0.3) is 23.4 Å². The third-order valence-electron chi connectivity index (χ3n) is 6.30. The molecule has 5 nitrogen and oxygen atoms in total. The van der Waals surface area contributed by atoms with Crippen molar-refractivity contribution in [3.63, 3.8) is 0 Å². The van der Waals surface area contributed by atoms with E-state index in [-0.39, 0.29) is 0 Å². The molecule has 2 saturated carbocycles. The predicted molar refractivity (Wildman–Crippen MR) is 80.3 cm³/mol. The Morgan fingerprint density at radius 1 is 0.794 bits per heavy atom. The second kappa shape index (κ2) is 7.24. The first kappa shape index (κ1) is 28.7. The fourth-order valence-corrected chi connectivity index (χ4v) is 4.31. The van der Waals surface area contributed by atoms with Gasteiger partial charge in [-0.25, -0.2) is 26.7 Å². The first-order valence-corrected chi connectivity index (χ1v) is 8.89. The van der Waals surface area contributed by atoms with Crippen molar-refractivity contribution in [1.29, 1.82) is 0 Å². The summed E-state index contributed by atoms with van der Waals surface area (Å²) < 4.78 is 199. The number of alkyl halides is 13. The monoisotopic (exact) mass is 534 g/mol. The van der Waals surface area contributed by atoms with Crippen LogP contribution in [-0.2, 0) is 14.3 Å². The summed E-state index contributed by atoms with van der Waals surface area (Å²) in [5.74, 6) is -30.0. The maximum Gasteiger partial charge on any atom is 0.331 e. The van der Waals surface area contributed by atoms with Gasteiger partial charge in [-0.2, -0.15) is 35.1 Å². The Kier molecular flexibility index (Phi) is 6.10. The van der Waals surface area contributed by atoms with E-state index >= 15 is 39.5 Å². The van der Waals surface area contributed by atoms with Crippen molar-refractivity contribution in [2.24, 2.45) is 0 Å². The maximum atomic E-state index is 15.4. The fraction of sp³-hybridized carbons (Fsp3) is 0.938. The molecule has 2 N–H and O–H groups in total. The minimum atomic E-state index is -7.25. The average Bonchev–Trinajstić information content (AvgIpc) is 2.68. The SMILES string of the molecule is CC1(O)C(F)(F)C2(F)C(C)(F)C(F)(C(F)F)C(F)(F)C(OCCOC(=O)CO)(C1(F)F)C2(F)F. The van der Waals surface area contributed by atoms with Gasteiger partial charge in [0.15, 0.2) is 11.3 Å². The standard InChI is InChI=1S/C16H15F13O5/c1-8(19)10(20,7(17)18)15(26,27)12(34-4-3-33-6(31)5-30)14(24,25)9(2,32)13(22,23)11(8,21)16(12,28)29/h7,30,32H,3-5H2,1-2H3. The van der Waals surface area contributed by atoms with Crippen molar-refractivity contribution < 1.29 is 81.6 Å². The highest BCUT2D eigenvalue weighted by Crippen LogP contribution is 2.80. The number of hydrogen-bond donors (Lipinski definition) is 2. The summed E-state index contributed by atoms with van der Waals surface area (Å²) in [6.07, 6.45) is -5.69. The van der Waals surface area contributed by atoms with Crippen molar-refractivity contribution in [3.05, 3.63) is 0 Å². The molecule has 200 valence electrons. The molecule has 34 heavy (non-hydrogen) atoms. The van der Waals surface area contributed by atoms with E-state index in [0.717, 1.165) is 0 Å². The van der Waals surface area contributed by atoms with Crippen LogP contribution < -0.4 is 0 Å². The summed E-state index contributed by atoms with van der Waals surface area (Å²) >= 11 is 0. The van der Waals surface area contributed by atoms with E-state index in [4.69, 9.17) is 5.11 Å². The number of rotatable bonds is 6. The van der Waals surface area contributed by atoms with Gasteiger partial charge < -0.3 is 19.7 Å². The molecule has 2 aliphatic carbocycles. The average molecular weight is 534 g/mol. The molecule has 0 aromatic carbocycles. The van der Waals surface area contributed by atoms with E-state index in [1.54, 1.807) is 0 Å². The normalized spacial score (nSPS) is 44.1. The Labute approximate surface area is 180 Å². The molecule has 0 radical (unpaired) electrons. The Morgan fingerprint density at radius 3 is 1.68 bits per heavy atom. The van der Waals surface area contributed by atoms with Crippen molar-refractivity contribution >= 4 is 5.97 Å². The second-order valence-corrected chi connectivity index (χ2v) is 7.95. The van der Waals surface area contributed by atoms with Gasteiger partial charge >= 0.3 is 29.7 Å². The molecule has 0 aromatic heterocycles. The fourth-order valence-electron chi connectivity index (χ4n) is 4.31. The van der Waals surface area contributed by atoms with Crippen LogP contribution in [0.4, 0.5) is 57.1 Å². The Balaban J connectivity index is 3.02. The van der Waals surface area contributed by atoms with Crippen LogP contribution >= 0.6 is 0 Å².